The Morgan fingerprint density at radius 3 is 1.98 bits per heavy atom. The van der Waals surface area contributed by atoms with E-state index in [0.29, 0.717) is 39.4 Å². The van der Waals surface area contributed by atoms with E-state index in [1.165, 1.54) is 18.2 Å². The van der Waals surface area contributed by atoms with E-state index in [1.807, 2.05) is 44.2 Å². The molecule has 0 fully saturated rings. The van der Waals surface area contributed by atoms with Crippen LogP contribution >= 0.6 is 0 Å². The molecule has 0 heterocycles. The molecule has 1 radical (unpaired) electrons. The number of aromatic hydroxyl groups is 3. The minimum atomic E-state index is -0.112. The molecule has 0 atom stereocenters. The fraction of sp³-hybridized carbons (Fsp3) is 0.0968. The first kappa shape index (κ1) is 29.9. The van der Waals surface area contributed by atoms with Gasteiger partial charge in [-0.05, 0) is 91.9 Å². The summed E-state index contributed by atoms with van der Waals surface area (Å²) in [4.78, 5) is 0. The molecule has 215 valence electrons. The Balaban J connectivity index is 0.00000405. The second kappa shape index (κ2) is 12.6. The number of phenols is 3. The quantitative estimate of drug-likeness (QED) is 0.0857. The monoisotopic (exact) mass is 608 g/mol. The van der Waals surface area contributed by atoms with Crippen LogP contribution < -0.4 is 5.73 Å². The van der Waals surface area contributed by atoms with E-state index in [-0.39, 0.29) is 45.7 Å². The first-order valence-electron chi connectivity index (χ1n) is 12.7. The first-order chi connectivity index (χ1) is 19.7. The average molecular weight is 609 g/mol. The van der Waals surface area contributed by atoms with Crippen molar-refractivity contribution in [2.75, 3.05) is 5.73 Å². The molecule has 42 heavy (non-hydrogen) atoms. The maximum atomic E-state index is 11.0. The van der Waals surface area contributed by atoms with Crippen molar-refractivity contribution in [1.82, 2.24) is 0 Å². The van der Waals surface area contributed by atoms with Gasteiger partial charge in [0.2, 0.25) is 0 Å². The van der Waals surface area contributed by atoms with Crippen molar-refractivity contribution in [3.05, 3.63) is 95.6 Å². The van der Waals surface area contributed by atoms with Crippen LogP contribution in [0.25, 0.3) is 10.8 Å². The Morgan fingerprint density at radius 1 is 0.571 bits per heavy atom. The number of rotatable bonds is 6. The smallest absolute Gasteiger partial charge is 0.151 e. The van der Waals surface area contributed by atoms with Crippen molar-refractivity contribution in [3.63, 3.8) is 0 Å². The van der Waals surface area contributed by atoms with Gasteiger partial charge >= 0.3 is 0 Å². The van der Waals surface area contributed by atoms with Crippen molar-refractivity contribution in [2.24, 2.45) is 30.7 Å². The average Bonchev–Trinajstić information content (AvgIpc) is 2.94. The molecule has 11 heteroatoms. The molecular formula is C31H27CuN7O3. The molecule has 5 rings (SSSR count). The predicted octanol–water partition coefficient (Wildman–Crippen LogP) is 9.71. The van der Waals surface area contributed by atoms with Crippen molar-refractivity contribution in [2.45, 2.75) is 20.8 Å². The fourth-order valence-corrected chi connectivity index (χ4v) is 4.12. The van der Waals surface area contributed by atoms with Crippen LogP contribution in [0.2, 0.25) is 0 Å². The Morgan fingerprint density at radius 2 is 1.24 bits per heavy atom. The van der Waals surface area contributed by atoms with Gasteiger partial charge in [0.15, 0.2) is 5.75 Å². The van der Waals surface area contributed by atoms with Crippen LogP contribution in [0.4, 0.5) is 39.8 Å². The van der Waals surface area contributed by atoms with Gasteiger partial charge in [0, 0.05) is 34.6 Å². The molecule has 0 bridgehead atoms. The van der Waals surface area contributed by atoms with Crippen molar-refractivity contribution >= 4 is 50.6 Å². The Kier molecular flexibility index (Phi) is 8.95. The van der Waals surface area contributed by atoms with Gasteiger partial charge in [-0.3, -0.25) is 0 Å². The van der Waals surface area contributed by atoms with E-state index in [1.54, 1.807) is 37.3 Å². The number of nitrogens with zero attached hydrogens (tertiary/aromatic N) is 6. The number of nitrogens with two attached hydrogens (primary N) is 1. The third-order valence-electron chi connectivity index (χ3n) is 6.40. The summed E-state index contributed by atoms with van der Waals surface area (Å²) in [7, 11) is 0. The topological polar surface area (TPSA) is 161 Å². The van der Waals surface area contributed by atoms with Gasteiger partial charge in [-0.25, -0.2) is 0 Å². The summed E-state index contributed by atoms with van der Waals surface area (Å²) < 4.78 is 0. The molecule has 0 aromatic heterocycles. The number of nitrogen functional groups attached to an aromatic ring is 1. The molecule has 0 amide bonds. The summed E-state index contributed by atoms with van der Waals surface area (Å²) >= 11 is 0. The van der Waals surface area contributed by atoms with E-state index in [0.717, 1.165) is 16.5 Å². The van der Waals surface area contributed by atoms with E-state index in [4.69, 9.17) is 5.73 Å². The van der Waals surface area contributed by atoms with Gasteiger partial charge in [-0.15, -0.1) is 15.3 Å². The van der Waals surface area contributed by atoms with Crippen LogP contribution in [0.1, 0.15) is 16.7 Å². The summed E-state index contributed by atoms with van der Waals surface area (Å²) in [5.74, 6) is -0.108. The molecule has 0 saturated carbocycles. The van der Waals surface area contributed by atoms with Crippen LogP contribution in [-0.2, 0) is 17.1 Å². The third-order valence-corrected chi connectivity index (χ3v) is 6.40. The summed E-state index contributed by atoms with van der Waals surface area (Å²) in [5, 5.41) is 57.7. The predicted molar refractivity (Wildman–Crippen MR) is 159 cm³/mol. The van der Waals surface area contributed by atoms with E-state index in [2.05, 4.69) is 30.7 Å². The first-order valence-corrected chi connectivity index (χ1v) is 12.7. The van der Waals surface area contributed by atoms with E-state index >= 15 is 0 Å². The van der Waals surface area contributed by atoms with Crippen LogP contribution in [0.3, 0.4) is 0 Å². The number of aryl methyl sites for hydroxylation is 3. The van der Waals surface area contributed by atoms with Gasteiger partial charge < -0.3 is 21.1 Å². The number of hydrogen-bond donors (Lipinski definition) is 4. The summed E-state index contributed by atoms with van der Waals surface area (Å²) in [6, 6.07) is 22.3. The van der Waals surface area contributed by atoms with E-state index in [9.17, 15) is 15.3 Å². The molecule has 0 saturated heterocycles. The molecule has 0 aliphatic carbocycles. The summed E-state index contributed by atoms with van der Waals surface area (Å²) in [5.41, 5.74) is 11.5. The van der Waals surface area contributed by atoms with Gasteiger partial charge in [0.25, 0.3) is 0 Å². The van der Waals surface area contributed by atoms with Crippen LogP contribution in [0.5, 0.6) is 17.2 Å². The number of hydrogen-bond acceptors (Lipinski definition) is 10. The van der Waals surface area contributed by atoms with Crippen molar-refractivity contribution < 1.29 is 32.4 Å². The zero-order valence-corrected chi connectivity index (χ0v) is 23.9. The number of phenolic OH excluding ortho intramolecular Hbond substituents is 3. The second-order valence-electron chi connectivity index (χ2n) is 9.60. The van der Waals surface area contributed by atoms with Gasteiger partial charge in [-0.1, -0.05) is 17.7 Å². The normalized spacial score (nSPS) is 11.6. The fourth-order valence-electron chi connectivity index (χ4n) is 4.12. The molecule has 0 aliphatic heterocycles. The Bertz CT molecular complexity index is 1870. The third kappa shape index (κ3) is 6.60. The number of fused-ring (bicyclic) bond motifs is 1. The minimum Gasteiger partial charge on any atom is -0.508 e. The number of anilines is 1. The van der Waals surface area contributed by atoms with Crippen LogP contribution in [-0.4, -0.2) is 15.3 Å². The molecule has 5 aromatic carbocycles. The summed E-state index contributed by atoms with van der Waals surface area (Å²) in [6.45, 7) is 5.64. The van der Waals surface area contributed by atoms with Crippen molar-refractivity contribution in [1.29, 1.82) is 0 Å². The van der Waals surface area contributed by atoms with Crippen molar-refractivity contribution in [3.8, 4) is 17.2 Å². The zero-order valence-electron chi connectivity index (χ0n) is 22.9. The van der Waals surface area contributed by atoms with Crippen LogP contribution in [0.15, 0.2) is 110 Å². The molecule has 10 nitrogen and oxygen atoms in total. The van der Waals surface area contributed by atoms with E-state index < -0.39 is 0 Å². The second-order valence-corrected chi connectivity index (χ2v) is 9.60. The van der Waals surface area contributed by atoms with Gasteiger partial charge in [-0.2, -0.15) is 15.3 Å². The minimum absolute atomic E-state index is 0. The zero-order chi connectivity index (χ0) is 29.1. The molecule has 0 aliphatic rings. The molecular weight excluding hydrogens is 582 g/mol. The number of azo groups is 3. The maximum Gasteiger partial charge on any atom is 0.151 e. The molecule has 5 N–H and O–H groups in total. The SMILES string of the molecule is Cc1ccc(N=Nc2cc(O)c(N=Nc3c(C)cc4cc(N=Nc5ccc(O)cc5N)ccc4c3O)cc2C)cc1.[Cu]. The summed E-state index contributed by atoms with van der Waals surface area (Å²) in [6.07, 6.45) is 0. The number of benzene rings is 5. The largest absolute Gasteiger partial charge is 0.508 e. The molecule has 5 aromatic rings. The molecule has 0 spiro atoms. The Hall–Kier alpha value is -5.12. The van der Waals surface area contributed by atoms with Gasteiger partial charge in [0.1, 0.15) is 28.6 Å². The maximum absolute atomic E-state index is 11.0. The Labute approximate surface area is 252 Å². The van der Waals surface area contributed by atoms with Crippen LogP contribution in [0, 0.1) is 20.8 Å². The molecule has 0 unspecified atom stereocenters. The standard InChI is InChI=1S/C31H27N7O3.Cu/c1-17-4-6-21(7-5-17)33-36-27-16-29(40)28(13-18(27)2)37-38-30-19(3)12-20-14-22(8-10-24(20)31(30)41)34-35-26-11-9-23(39)15-25(26)32;/h4-16,39-41H,32H2,1-3H3;. The van der Waals surface area contributed by atoms with Gasteiger partial charge in [0.05, 0.1) is 22.7 Å².